The molecule has 0 bridgehead atoms. The van der Waals surface area contributed by atoms with Crippen molar-refractivity contribution in [3.63, 3.8) is 0 Å². The highest BCUT2D eigenvalue weighted by Gasteiger charge is 2.19. The van der Waals surface area contributed by atoms with Gasteiger partial charge in [-0.2, -0.15) is 0 Å². The van der Waals surface area contributed by atoms with Crippen LogP contribution in [-0.4, -0.2) is 36.7 Å². The van der Waals surface area contributed by atoms with Crippen molar-refractivity contribution in [2.45, 2.75) is 19.4 Å². The van der Waals surface area contributed by atoms with Gasteiger partial charge in [0.1, 0.15) is 11.5 Å². The number of hydrogen-bond acceptors (Lipinski definition) is 4. The van der Waals surface area contributed by atoms with E-state index in [2.05, 4.69) is 15.6 Å². The van der Waals surface area contributed by atoms with Crippen molar-refractivity contribution < 1.29 is 9.53 Å². The van der Waals surface area contributed by atoms with E-state index in [1.165, 1.54) is 0 Å². The Kier molecular flexibility index (Phi) is 3.93. The normalized spacial score (nSPS) is 19.0. The fraction of sp³-hybridized carbons (Fsp3) is 0.500. The maximum absolute atomic E-state index is 11.9. The Morgan fingerprint density at radius 2 is 2.47 bits per heavy atom. The molecule has 1 aliphatic rings. The number of hydrogen-bond donors (Lipinski definition) is 2. The van der Waals surface area contributed by atoms with Gasteiger partial charge in [0.15, 0.2) is 0 Å². The fourth-order valence-electron chi connectivity index (χ4n) is 1.75. The minimum Gasteiger partial charge on any atom is -0.379 e. The van der Waals surface area contributed by atoms with Crippen LogP contribution >= 0.6 is 0 Å². The number of aromatic nitrogens is 1. The minimum atomic E-state index is -0.139. The molecule has 0 spiro atoms. The molecule has 2 N–H and O–H groups in total. The average molecular weight is 235 g/mol. The molecule has 5 nitrogen and oxygen atoms in total. The molecule has 0 saturated carbocycles. The summed E-state index contributed by atoms with van der Waals surface area (Å²) in [6.07, 6.45) is 0.874. The largest absolute Gasteiger partial charge is 0.379 e. The first-order valence-corrected chi connectivity index (χ1v) is 5.89. The lowest BCUT2D eigenvalue weighted by Crippen LogP contribution is -2.35. The van der Waals surface area contributed by atoms with Gasteiger partial charge in [-0.3, -0.25) is 4.79 Å². The van der Waals surface area contributed by atoms with Crippen LogP contribution in [0.25, 0.3) is 0 Å². The lowest BCUT2D eigenvalue weighted by molar-refractivity contribution is 0.0925. The number of nitrogens with one attached hydrogen (secondary N) is 2. The zero-order valence-corrected chi connectivity index (χ0v) is 9.90. The molecule has 0 aliphatic carbocycles. The molecule has 0 radical (unpaired) electrons. The molecular formula is C12H17N3O2. The Labute approximate surface area is 101 Å². The second-order valence-electron chi connectivity index (χ2n) is 3.97. The molecule has 1 aliphatic heterocycles. The number of carbonyl (C=O) groups excluding carboxylic acids is 1. The molecule has 2 heterocycles. The molecule has 1 atom stereocenters. The van der Waals surface area contributed by atoms with E-state index in [0.29, 0.717) is 12.3 Å². The Hall–Kier alpha value is -1.62. The highest BCUT2D eigenvalue weighted by molar-refractivity contribution is 5.92. The van der Waals surface area contributed by atoms with Gasteiger partial charge in [-0.25, -0.2) is 4.98 Å². The molecular weight excluding hydrogens is 218 g/mol. The zero-order valence-electron chi connectivity index (χ0n) is 9.90. The maximum atomic E-state index is 11.9. The van der Waals surface area contributed by atoms with Crippen LogP contribution in [0.3, 0.4) is 0 Å². The van der Waals surface area contributed by atoms with E-state index in [9.17, 15) is 4.79 Å². The molecule has 92 valence electrons. The standard InChI is InChI=1S/C12H17N3O2/c1-2-13-11-5-3-4-10(15-11)12(16)14-9-6-7-17-8-9/h3-5,9H,2,6-8H2,1H3,(H,13,15)(H,14,16). The van der Waals surface area contributed by atoms with Crippen molar-refractivity contribution in [3.8, 4) is 0 Å². The molecule has 2 rings (SSSR count). The molecule has 1 amide bonds. The predicted octanol–water partition coefficient (Wildman–Crippen LogP) is 1.03. The summed E-state index contributed by atoms with van der Waals surface area (Å²) in [5.41, 5.74) is 0.440. The lowest BCUT2D eigenvalue weighted by Gasteiger charge is -2.10. The lowest BCUT2D eigenvalue weighted by atomic mass is 10.2. The second kappa shape index (κ2) is 5.63. The van der Waals surface area contributed by atoms with Crippen LogP contribution in [0.1, 0.15) is 23.8 Å². The number of pyridine rings is 1. The fourth-order valence-corrected chi connectivity index (χ4v) is 1.75. The van der Waals surface area contributed by atoms with E-state index < -0.39 is 0 Å². The van der Waals surface area contributed by atoms with Gasteiger partial charge < -0.3 is 15.4 Å². The molecule has 1 aromatic rings. The van der Waals surface area contributed by atoms with E-state index in [-0.39, 0.29) is 11.9 Å². The molecule has 17 heavy (non-hydrogen) atoms. The molecule has 1 aromatic heterocycles. The van der Waals surface area contributed by atoms with Gasteiger partial charge in [0.25, 0.3) is 5.91 Å². The Morgan fingerprint density at radius 3 is 3.18 bits per heavy atom. The zero-order chi connectivity index (χ0) is 12.1. The third kappa shape index (κ3) is 3.17. The molecule has 5 heteroatoms. The number of ether oxygens (including phenoxy) is 1. The van der Waals surface area contributed by atoms with Crippen LogP contribution in [0.2, 0.25) is 0 Å². The van der Waals surface area contributed by atoms with Gasteiger partial charge in [-0.1, -0.05) is 6.07 Å². The van der Waals surface area contributed by atoms with Gasteiger partial charge in [0, 0.05) is 13.2 Å². The van der Waals surface area contributed by atoms with Gasteiger partial charge in [0.2, 0.25) is 0 Å². The molecule has 1 unspecified atom stereocenters. The maximum Gasteiger partial charge on any atom is 0.270 e. The van der Waals surface area contributed by atoms with Crippen LogP contribution < -0.4 is 10.6 Å². The monoisotopic (exact) mass is 235 g/mol. The van der Waals surface area contributed by atoms with E-state index in [1.807, 2.05) is 19.1 Å². The van der Waals surface area contributed by atoms with Crippen molar-refractivity contribution >= 4 is 11.7 Å². The summed E-state index contributed by atoms with van der Waals surface area (Å²) in [6, 6.07) is 5.50. The number of carbonyl (C=O) groups is 1. The van der Waals surface area contributed by atoms with Crippen LogP contribution in [0.5, 0.6) is 0 Å². The molecule has 0 aromatic carbocycles. The smallest absolute Gasteiger partial charge is 0.270 e. The second-order valence-corrected chi connectivity index (χ2v) is 3.97. The van der Waals surface area contributed by atoms with Crippen LogP contribution in [0.4, 0.5) is 5.82 Å². The molecule has 1 fully saturated rings. The first kappa shape index (κ1) is 11.9. The SMILES string of the molecule is CCNc1cccc(C(=O)NC2CCOC2)n1. The first-order chi connectivity index (χ1) is 8.29. The Balaban J connectivity index is 1.99. The number of rotatable bonds is 4. The molecule has 1 saturated heterocycles. The average Bonchev–Trinajstić information content (AvgIpc) is 2.83. The summed E-state index contributed by atoms with van der Waals surface area (Å²) in [5.74, 6) is 0.586. The highest BCUT2D eigenvalue weighted by Crippen LogP contribution is 2.07. The van der Waals surface area contributed by atoms with E-state index in [4.69, 9.17) is 4.74 Å². The van der Waals surface area contributed by atoms with Crippen molar-refractivity contribution in [1.82, 2.24) is 10.3 Å². The van der Waals surface area contributed by atoms with Gasteiger partial charge in [-0.15, -0.1) is 0 Å². The Bertz CT molecular complexity index is 389. The van der Waals surface area contributed by atoms with Crippen LogP contribution in [0, 0.1) is 0 Å². The summed E-state index contributed by atoms with van der Waals surface area (Å²) in [5, 5.41) is 5.99. The summed E-state index contributed by atoms with van der Waals surface area (Å²) in [6.45, 7) is 4.09. The van der Waals surface area contributed by atoms with Crippen LogP contribution in [0.15, 0.2) is 18.2 Å². The van der Waals surface area contributed by atoms with Crippen molar-refractivity contribution in [2.24, 2.45) is 0 Å². The van der Waals surface area contributed by atoms with Gasteiger partial charge in [-0.05, 0) is 25.5 Å². The van der Waals surface area contributed by atoms with Gasteiger partial charge in [0.05, 0.1) is 12.6 Å². The summed E-state index contributed by atoms with van der Waals surface area (Å²) >= 11 is 0. The topological polar surface area (TPSA) is 63.2 Å². The number of nitrogens with zero attached hydrogens (tertiary/aromatic N) is 1. The van der Waals surface area contributed by atoms with E-state index in [1.54, 1.807) is 6.07 Å². The van der Waals surface area contributed by atoms with E-state index in [0.717, 1.165) is 25.4 Å². The Morgan fingerprint density at radius 1 is 1.59 bits per heavy atom. The third-order valence-electron chi connectivity index (χ3n) is 2.60. The van der Waals surface area contributed by atoms with Gasteiger partial charge >= 0.3 is 0 Å². The number of anilines is 1. The minimum absolute atomic E-state index is 0.118. The first-order valence-electron chi connectivity index (χ1n) is 5.89. The van der Waals surface area contributed by atoms with Crippen LogP contribution in [-0.2, 0) is 4.74 Å². The predicted molar refractivity (Wildman–Crippen MR) is 65.1 cm³/mol. The van der Waals surface area contributed by atoms with Crippen molar-refractivity contribution in [2.75, 3.05) is 25.1 Å². The highest BCUT2D eigenvalue weighted by atomic mass is 16.5. The van der Waals surface area contributed by atoms with Crippen molar-refractivity contribution in [3.05, 3.63) is 23.9 Å². The van der Waals surface area contributed by atoms with E-state index >= 15 is 0 Å². The summed E-state index contributed by atoms with van der Waals surface area (Å²) in [7, 11) is 0. The summed E-state index contributed by atoms with van der Waals surface area (Å²) < 4.78 is 5.21. The third-order valence-corrected chi connectivity index (χ3v) is 2.60. The quantitative estimate of drug-likeness (QED) is 0.818. The summed E-state index contributed by atoms with van der Waals surface area (Å²) in [4.78, 5) is 16.1. The van der Waals surface area contributed by atoms with Crippen molar-refractivity contribution in [1.29, 1.82) is 0 Å². The number of amides is 1.